The summed E-state index contributed by atoms with van der Waals surface area (Å²) in [4.78, 5) is 28.7. The molecule has 0 aromatic heterocycles. The molecule has 1 fully saturated rings. The summed E-state index contributed by atoms with van der Waals surface area (Å²) in [5.41, 5.74) is 1.13. The normalized spacial score (nSPS) is 14.2. The quantitative estimate of drug-likeness (QED) is 0.514. The third-order valence-electron chi connectivity index (χ3n) is 5.87. The lowest BCUT2D eigenvalue weighted by molar-refractivity contribution is -0.133. The zero-order chi connectivity index (χ0) is 24.0. The van der Waals surface area contributed by atoms with Crippen molar-refractivity contribution in [2.45, 2.75) is 11.3 Å². The second kappa shape index (κ2) is 10.7. The van der Waals surface area contributed by atoms with Gasteiger partial charge in [0.25, 0.3) is 0 Å². The Morgan fingerprint density at radius 1 is 0.824 bits per heavy atom. The van der Waals surface area contributed by atoms with E-state index in [9.17, 15) is 18.0 Å². The lowest BCUT2D eigenvalue weighted by Gasteiger charge is -2.36. The molecule has 2 N–H and O–H groups in total. The van der Waals surface area contributed by atoms with Gasteiger partial charge in [0, 0.05) is 44.8 Å². The number of carbonyl (C=O) groups is 2. The van der Waals surface area contributed by atoms with Crippen LogP contribution in [0.25, 0.3) is 10.8 Å². The van der Waals surface area contributed by atoms with Crippen LogP contribution in [0.1, 0.15) is 6.42 Å². The molecule has 178 valence electrons. The first-order chi connectivity index (χ1) is 16.4. The van der Waals surface area contributed by atoms with Crippen LogP contribution in [0.15, 0.2) is 77.7 Å². The number of carbonyl (C=O) groups excluding carboxylic acids is 2. The minimum atomic E-state index is -3.73. The van der Waals surface area contributed by atoms with E-state index in [-0.39, 0.29) is 36.2 Å². The van der Waals surface area contributed by atoms with Gasteiger partial charge in [-0.15, -0.1) is 0 Å². The molecule has 2 amide bonds. The fraction of sp³-hybridized carbons (Fsp3) is 0.280. The predicted octanol–water partition coefficient (Wildman–Crippen LogP) is 1.97. The monoisotopic (exact) mass is 480 g/mol. The highest BCUT2D eigenvalue weighted by molar-refractivity contribution is 7.89. The third-order valence-corrected chi connectivity index (χ3v) is 7.32. The number of sulfonamides is 1. The summed E-state index contributed by atoms with van der Waals surface area (Å²) in [5.74, 6) is -0.518. The van der Waals surface area contributed by atoms with Crippen molar-refractivity contribution in [1.82, 2.24) is 14.9 Å². The largest absolute Gasteiger partial charge is 0.368 e. The fourth-order valence-electron chi connectivity index (χ4n) is 3.94. The highest BCUT2D eigenvalue weighted by Gasteiger charge is 2.21. The van der Waals surface area contributed by atoms with Gasteiger partial charge in [0.15, 0.2) is 0 Å². The lowest BCUT2D eigenvalue weighted by atomic mass is 10.1. The Balaban J connectivity index is 1.19. The van der Waals surface area contributed by atoms with Gasteiger partial charge in [0.05, 0.1) is 11.4 Å². The summed E-state index contributed by atoms with van der Waals surface area (Å²) in [6.45, 7) is 2.51. The Labute approximate surface area is 199 Å². The predicted molar refractivity (Wildman–Crippen MR) is 132 cm³/mol. The van der Waals surface area contributed by atoms with Gasteiger partial charge in [-0.25, -0.2) is 13.1 Å². The smallest absolute Gasteiger partial charge is 0.242 e. The van der Waals surface area contributed by atoms with Crippen LogP contribution >= 0.6 is 0 Å². The van der Waals surface area contributed by atoms with E-state index in [2.05, 4.69) is 14.9 Å². The maximum Gasteiger partial charge on any atom is 0.242 e. The van der Waals surface area contributed by atoms with Gasteiger partial charge in [-0.05, 0) is 35.0 Å². The van der Waals surface area contributed by atoms with Crippen LogP contribution in [-0.4, -0.2) is 64.4 Å². The molecule has 9 heteroatoms. The number of hydrogen-bond acceptors (Lipinski definition) is 5. The standard InChI is InChI=1S/C25H28N4O4S/c30-24(12-13-27-34(32,33)23-11-10-20-6-4-5-7-21(20)18-23)26-19-25(31)29-16-14-28(15-17-29)22-8-2-1-3-9-22/h1-11,18,27H,12-17,19H2,(H,26,30). The summed E-state index contributed by atoms with van der Waals surface area (Å²) in [7, 11) is -3.73. The second-order valence-electron chi connectivity index (χ2n) is 8.14. The Morgan fingerprint density at radius 3 is 2.24 bits per heavy atom. The molecule has 0 spiro atoms. The van der Waals surface area contributed by atoms with Gasteiger partial charge in [-0.1, -0.05) is 48.5 Å². The van der Waals surface area contributed by atoms with E-state index >= 15 is 0 Å². The van der Waals surface area contributed by atoms with Crippen LogP contribution in [0.4, 0.5) is 5.69 Å². The van der Waals surface area contributed by atoms with E-state index in [4.69, 9.17) is 0 Å². The molecule has 0 saturated carbocycles. The van der Waals surface area contributed by atoms with Crippen LogP contribution in [0, 0.1) is 0 Å². The Bertz CT molecular complexity index is 1260. The number of nitrogens with zero attached hydrogens (tertiary/aromatic N) is 2. The van der Waals surface area contributed by atoms with Crippen molar-refractivity contribution in [3.05, 3.63) is 72.8 Å². The number of nitrogens with one attached hydrogen (secondary N) is 2. The van der Waals surface area contributed by atoms with E-state index in [1.807, 2.05) is 54.6 Å². The highest BCUT2D eigenvalue weighted by Crippen LogP contribution is 2.19. The molecular formula is C25H28N4O4S. The van der Waals surface area contributed by atoms with Crippen LogP contribution in [0.2, 0.25) is 0 Å². The van der Waals surface area contributed by atoms with Crippen molar-refractivity contribution in [1.29, 1.82) is 0 Å². The zero-order valence-electron chi connectivity index (χ0n) is 18.8. The van der Waals surface area contributed by atoms with E-state index < -0.39 is 10.0 Å². The van der Waals surface area contributed by atoms with Crippen LogP contribution in [0.5, 0.6) is 0 Å². The highest BCUT2D eigenvalue weighted by atomic mass is 32.2. The van der Waals surface area contributed by atoms with Gasteiger partial charge < -0.3 is 15.1 Å². The van der Waals surface area contributed by atoms with Crippen molar-refractivity contribution in [3.63, 3.8) is 0 Å². The molecule has 3 aromatic rings. The van der Waals surface area contributed by atoms with Gasteiger partial charge in [0.2, 0.25) is 21.8 Å². The number of hydrogen-bond donors (Lipinski definition) is 2. The summed E-state index contributed by atoms with van der Waals surface area (Å²) in [6.07, 6.45) is -0.0537. The molecule has 3 aromatic carbocycles. The second-order valence-corrected chi connectivity index (χ2v) is 9.90. The summed E-state index contributed by atoms with van der Waals surface area (Å²) in [5, 5.41) is 4.37. The van der Waals surface area contributed by atoms with E-state index in [1.165, 1.54) is 0 Å². The minimum absolute atomic E-state index is 0.0507. The first kappa shape index (κ1) is 23.7. The number of para-hydroxylation sites is 1. The van der Waals surface area contributed by atoms with E-state index in [0.29, 0.717) is 13.1 Å². The summed E-state index contributed by atoms with van der Waals surface area (Å²) in [6, 6.07) is 22.4. The number of anilines is 1. The number of rotatable bonds is 8. The molecule has 8 nitrogen and oxygen atoms in total. The van der Waals surface area contributed by atoms with Gasteiger partial charge in [-0.2, -0.15) is 0 Å². The summed E-state index contributed by atoms with van der Waals surface area (Å²) >= 11 is 0. The van der Waals surface area contributed by atoms with Crippen molar-refractivity contribution in [3.8, 4) is 0 Å². The molecule has 0 aliphatic carbocycles. The molecule has 1 aliphatic rings. The Kier molecular flexibility index (Phi) is 7.44. The Hall–Kier alpha value is -3.43. The van der Waals surface area contributed by atoms with Crippen LogP contribution in [0.3, 0.4) is 0 Å². The van der Waals surface area contributed by atoms with Crippen molar-refractivity contribution < 1.29 is 18.0 Å². The number of benzene rings is 3. The summed E-state index contributed by atoms with van der Waals surface area (Å²) < 4.78 is 27.6. The van der Waals surface area contributed by atoms with Crippen LogP contribution < -0.4 is 14.9 Å². The SMILES string of the molecule is O=C(CCNS(=O)(=O)c1ccc2ccccc2c1)NCC(=O)N1CCN(c2ccccc2)CC1. The lowest BCUT2D eigenvalue weighted by Crippen LogP contribution is -2.51. The number of amides is 2. The molecule has 0 unspecified atom stereocenters. The molecule has 0 radical (unpaired) electrons. The van der Waals surface area contributed by atoms with E-state index in [1.54, 1.807) is 23.1 Å². The first-order valence-corrected chi connectivity index (χ1v) is 12.7. The number of fused-ring (bicyclic) bond motifs is 1. The number of piperazine rings is 1. The molecule has 34 heavy (non-hydrogen) atoms. The van der Waals surface area contributed by atoms with Crippen molar-refractivity contribution in [2.24, 2.45) is 0 Å². The van der Waals surface area contributed by atoms with Crippen LogP contribution in [-0.2, 0) is 19.6 Å². The fourth-order valence-corrected chi connectivity index (χ4v) is 5.01. The maximum absolute atomic E-state index is 12.6. The molecule has 1 heterocycles. The third kappa shape index (κ3) is 5.92. The molecular weight excluding hydrogens is 452 g/mol. The maximum atomic E-state index is 12.6. The molecule has 1 aliphatic heterocycles. The van der Waals surface area contributed by atoms with Gasteiger partial charge in [-0.3, -0.25) is 9.59 Å². The first-order valence-electron chi connectivity index (χ1n) is 11.3. The molecule has 0 bridgehead atoms. The van der Waals surface area contributed by atoms with Crippen molar-refractivity contribution in [2.75, 3.05) is 44.2 Å². The minimum Gasteiger partial charge on any atom is -0.368 e. The average Bonchev–Trinajstić information content (AvgIpc) is 2.87. The zero-order valence-corrected chi connectivity index (χ0v) is 19.6. The molecule has 1 saturated heterocycles. The van der Waals surface area contributed by atoms with Gasteiger partial charge in [0.1, 0.15) is 0 Å². The molecule has 4 rings (SSSR count). The average molecular weight is 481 g/mol. The topological polar surface area (TPSA) is 98.8 Å². The van der Waals surface area contributed by atoms with E-state index in [0.717, 1.165) is 29.5 Å². The Morgan fingerprint density at radius 2 is 1.50 bits per heavy atom. The van der Waals surface area contributed by atoms with Gasteiger partial charge >= 0.3 is 0 Å². The molecule has 0 atom stereocenters. The van der Waals surface area contributed by atoms with Crippen molar-refractivity contribution >= 4 is 38.3 Å².